The molecular weight excluding hydrogens is 506 g/mol. The van der Waals surface area contributed by atoms with E-state index in [1.54, 1.807) is 54.6 Å². The first kappa shape index (κ1) is 28.0. The third-order valence-electron chi connectivity index (χ3n) is 6.50. The van der Waals surface area contributed by atoms with Crippen LogP contribution in [0.1, 0.15) is 38.4 Å². The highest BCUT2D eigenvalue weighted by molar-refractivity contribution is 6.06. The summed E-state index contributed by atoms with van der Waals surface area (Å²) in [5, 5.41) is 12.2. The van der Waals surface area contributed by atoms with Crippen LogP contribution in [-0.4, -0.2) is 53.0 Å². The van der Waals surface area contributed by atoms with Gasteiger partial charge in [0.2, 0.25) is 0 Å². The van der Waals surface area contributed by atoms with Crippen LogP contribution in [0.25, 0.3) is 11.1 Å². The number of carboxylic acids is 1. The van der Waals surface area contributed by atoms with Gasteiger partial charge in [0.05, 0.1) is 25.8 Å². The molecule has 2 N–H and O–H groups in total. The average molecular weight is 538 g/mol. The number of carbonyl (C=O) groups excluding carboxylic acids is 2. The topological polar surface area (TPSA) is 109 Å². The standard InChI is InChI=1S/C32H31N3O5/c1-40-29-16-7-2-10-23(29)17-20-35(21-18-30(36)37)32(39)28-15-6-4-13-26(28)25-12-3-5-14-27(25)31(38)34-22-24-11-8-9-19-33-24/h2-16,19H,17-18,20-22H2,1H3,(H,34,38)(H,36,37). The molecule has 1 aromatic heterocycles. The van der Waals surface area contributed by atoms with Crippen molar-refractivity contribution in [1.29, 1.82) is 0 Å². The van der Waals surface area contributed by atoms with Gasteiger partial charge in [-0.05, 0) is 53.4 Å². The molecule has 0 aliphatic rings. The number of methoxy groups -OCH3 is 1. The number of aromatic nitrogens is 1. The molecule has 4 aromatic rings. The van der Waals surface area contributed by atoms with Gasteiger partial charge in [0.1, 0.15) is 5.75 Å². The number of nitrogens with zero attached hydrogens (tertiary/aromatic N) is 2. The van der Waals surface area contributed by atoms with E-state index < -0.39 is 5.97 Å². The van der Waals surface area contributed by atoms with Gasteiger partial charge in [-0.2, -0.15) is 0 Å². The number of aliphatic carboxylic acids is 1. The fourth-order valence-electron chi connectivity index (χ4n) is 4.47. The van der Waals surface area contributed by atoms with Gasteiger partial charge in [-0.3, -0.25) is 19.4 Å². The highest BCUT2D eigenvalue weighted by Gasteiger charge is 2.23. The van der Waals surface area contributed by atoms with E-state index >= 15 is 0 Å². The van der Waals surface area contributed by atoms with E-state index in [1.807, 2.05) is 54.6 Å². The lowest BCUT2D eigenvalue weighted by Crippen LogP contribution is -2.35. The maximum absolute atomic E-state index is 13.9. The molecule has 1 heterocycles. The Morgan fingerprint density at radius 2 is 1.48 bits per heavy atom. The van der Waals surface area contributed by atoms with Gasteiger partial charge in [-0.1, -0.05) is 60.7 Å². The number of nitrogens with one attached hydrogen (secondary N) is 1. The van der Waals surface area contributed by atoms with Crippen molar-refractivity contribution >= 4 is 17.8 Å². The molecule has 204 valence electrons. The summed E-state index contributed by atoms with van der Waals surface area (Å²) in [4.78, 5) is 44.3. The van der Waals surface area contributed by atoms with Crippen molar-refractivity contribution in [2.24, 2.45) is 0 Å². The molecule has 8 nitrogen and oxygen atoms in total. The molecule has 0 atom stereocenters. The lowest BCUT2D eigenvalue weighted by Gasteiger charge is -2.24. The van der Waals surface area contributed by atoms with Gasteiger partial charge in [0, 0.05) is 30.4 Å². The van der Waals surface area contributed by atoms with Crippen molar-refractivity contribution < 1.29 is 24.2 Å². The molecular formula is C32H31N3O5. The van der Waals surface area contributed by atoms with Gasteiger partial charge in [0.15, 0.2) is 0 Å². The first-order valence-electron chi connectivity index (χ1n) is 13.0. The Morgan fingerprint density at radius 3 is 2.17 bits per heavy atom. The fraction of sp³-hybridized carbons (Fsp3) is 0.188. The zero-order chi connectivity index (χ0) is 28.3. The van der Waals surface area contributed by atoms with Gasteiger partial charge in [0.25, 0.3) is 11.8 Å². The number of carbonyl (C=O) groups is 3. The van der Waals surface area contributed by atoms with E-state index in [0.717, 1.165) is 11.3 Å². The monoisotopic (exact) mass is 537 g/mol. The molecule has 3 aromatic carbocycles. The van der Waals surface area contributed by atoms with Crippen LogP contribution >= 0.6 is 0 Å². The number of benzene rings is 3. The van der Waals surface area contributed by atoms with Crippen LogP contribution in [-0.2, 0) is 17.8 Å². The third-order valence-corrected chi connectivity index (χ3v) is 6.50. The van der Waals surface area contributed by atoms with Crippen LogP contribution < -0.4 is 10.1 Å². The van der Waals surface area contributed by atoms with Crippen molar-refractivity contribution in [3.8, 4) is 16.9 Å². The summed E-state index contributed by atoms with van der Waals surface area (Å²) in [5.41, 5.74) is 3.65. The molecule has 0 bridgehead atoms. The molecule has 8 heteroatoms. The highest BCUT2D eigenvalue weighted by atomic mass is 16.5. The normalized spacial score (nSPS) is 10.5. The summed E-state index contributed by atoms with van der Waals surface area (Å²) in [6.45, 7) is 0.609. The molecule has 0 saturated carbocycles. The van der Waals surface area contributed by atoms with Crippen molar-refractivity contribution in [1.82, 2.24) is 15.2 Å². The quantitative estimate of drug-likeness (QED) is 0.268. The number of hydrogen-bond donors (Lipinski definition) is 2. The minimum absolute atomic E-state index is 0.0455. The Kier molecular flexibility index (Phi) is 9.61. The first-order valence-corrected chi connectivity index (χ1v) is 13.0. The first-order chi connectivity index (χ1) is 19.5. The molecule has 0 spiro atoms. The van der Waals surface area contributed by atoms with Gasteiger partial charge < -0.3 is 20.1 Å². The molecule has 0 unspecified atom stereocenters. The number of hydrogen-bond acceptors (Lipinski definition) is 5. The SMILES string of the molecule is COc1ccccc1CCN(CCC(=O)O)C(=O)c1ccccc1-c1ccccc1C(=O)NCc1ccccn1. The van der Waals surface area contributed by atoms with E-state index in [4.69, 9.17) is 4.74 Å². The number of para-hydroxylation sites is 1. The third kappa shape index (κ3) is 7.11. The van der Waals surface area contributed by atoms with Crippen molar-refractivity contribution in [3.05, 3.63) is 120 Å². The lowest BCUT2D eigenvalue weighted by atomic mass is 9.94. The van der Waals surface area contributed by atoms with Crippen molar-refractivity contribution in [3.63, 3.8) is 0 Å². The van der Waals surface area contributed by atoms with Crippen LogP contribution in [0.3, 0.4) is 0 Å². The zero-order valence-corrected chi connectivity index (χ0v) is 22.2. The molecule has 0 saturated heterocycles. The highest BCUT2D eigenvalue weighted by Crippen LogP contribution is 2.29. The van der Waals surface area contributed by atoms with E-state index in [1.165, 1.54) is 0 Å². The number of pyridine rings is 1. The van der Waals surface area contributed by atoms with Crippen LogP contribution in [0, 0.1) is 0 Å². The molecule has 0 aliphatic carbocycles. The maximum Gasteiger partial charge on any atom is 0.305 e. The largest absolute Gasteiger partial charge is 0.496 e. The summed E-state index contributed by atoms with van der Waals surface area (Å²) in [6, 6.07) is 27.2. The van der Waals surface area contributed by atoms with Gasteiger partial charge >= 0.3 is 5.97 Å². The second-order valence-corrected chi connectivity index (χ2v) is 9.09. The summed E-state index contributed by atoms with van der Waals surface area (Å²) in [7, 11) is 1.59. The fourth-order valence-corrected chi connectivity index (χ4v) is 4.47. The number of ether oxygens (including phenoxy) is 1. The average Bonchev–Trinajstić information content (AvgIpc) is 3.00. The molecule has 2 amide bonds. The van der Waals surface area contributed by atoms with E-state index in [9.17, 15) is 19.5 Å². The number of carboxylic acid groups (broad SMARTS) is 1. The van der Waals surface area contributed by atoms with Gasteiger partial charge in [-0.15, -0.1) is 0 Å². The second kappa shape index (κ2) is 13.7. The summed E-state index contributed by atoms with van der Waals surface area (Å²) in [5.74, 6) is -0.879. The van der Waals surface area contributed by atoms with Crippen LogP contribution in [0.5, 0.6) is 5.75 Å². The zero-order valence-electron chi connectivity index (χ0n) is 22.2. The number of rotatable bonds is 12. The van der Waals surface area contributed by atoms with E-state index in [-0.39, 0.29) is 31.3 Å². The van der Waals surface area contributed by atoms with Crippen LogP contribution in [0.4, 0.5) is 0 Å². The molecule has 0 radical (unpaired) electrons. The van der Waals surface area contributed by atoms with Crippen molar-refractivity contribution in [2.75, 3.05) is 20.2 Å². The Bertz CT molecular complexity index is 1470. The predicted molar refractivity (Wildman–Crippen MR) is 152 cm³/mol. The molecule has 0 fully saturated rings. The summed E-state index contributed by atoms with van der Waals surface area (Å²) >= 11 is 0. The molecule has 0 aliphatic heterocycles. The second-order valence-electron chi connectivity index (χ2n) is 9.09. The Morgan fingerprint density at radius 1 is 0.825 bits per heavy atom. The Balaban J connectivity index is 1.62. The van der Waals surface area contributed by atoms with Crippen molar-refractivity contribution in [2.45, 2.75) is 19.4 Å². The minimum atomic E-state index is -0.988. The maximum atomic E-state index is 13.9. The van der Waals surface area contributed by atoms with Crippen LogP contribution in [0.2, 0.25) is 0 Å². The molecule has 4 rings (SSSR count). The Hall–Kier alpha value is -4.98. The smallest absolute Gasteiger partial charge is 0.305 e. The molecule has 40 heavy (non-hydrogen) atoms. The lowest BCUT2D eigenvalue weighted by molar-refractivity contribution is -0.137. The number of amides is 2. The van der Waals surface area contributed by atoms with E-state index in [2.05, 4.69) is 10.3 Å². The van der Waals surface area contributed by atoms with Gasteiger partial charge in [-0.25, -0.2) is 0 Å². The summed E-state index contributed by atoms with van der Waals surface area (Å²) in [6.07, 6.45) is 1.97. The summed E-state index contributed by atoms with van der Waals surface area (Å²) < 4.78 is 5.44. The predicted octanol–water partition coefficient (Wildman–Crippen LogP) is 4.85. The van der Waals surface area contributed by atoms with E-state index in [0.29, 0.717) is 41.0 Å². The Labute approximate surface area is 233 Å². The minimum Gasteiger partial charge on any atom is -0.496 e. The van der Waals surface area contributed by atoms with Crippen LogP contribution in [0.15, 0.2) is 97.2 Å².